The van der Waals surface area contributed by atoms with Crippen LogP contribution in [0.25, 0.3) is 0 Å². The predicted octanol–water partition coefficient (Wildman–Crippen LogP) is 1.36. The summed E-state index contributed by atoms with van der Waals surface area (Å²) >= 11 is 0. The summed E-state index contributed by atoms with van der Waals surface area (Å²) in [5.41, 5.74) is 6.52. The van der Waals surface area contributed by atoms with Crippen LogP contribution in [0.15, 0.2) is 22.8 Å². The number of nitrogens with zero attached hydrogens (tertiary/aromatic N) is 2. The van der Waals surface area contributed by atoms with Crippen molar-refractivity contribution in [1.82, 2.24) is 20.9 Å². The van der Waals surface area contributed by atoms with Gasteiger partial charge in [0.05, 0.1) is 13.2 Å². The van der Waals surface area contributed by atoms with Crippen LogP contribution in [0.1, 0.15) is 36.3 Å². The van der Waals surface area contributed by atoms with Gasteiger partial charge >= 0.3 is 0 Å². The van der Waals surface area contributed by atoms with Crippen molar-refractivity contribution in [1.29, 1.82) is 0 Å². The minimum absolute atomic E-state index is 0.00553. The zero-order valence-corrected chi connectivity index (χ0v) is 15.1. The Bertz CT molecular complexity index is 704. The Labute approximate surface area is 152 Å². The quantitative estimate of drug-likeness (QED) is 0.511. The van der Waals surface area contributed by atoms with E-state index in [1.807, 2.05) is 25.1 Å². The lowest BCUT2D eigenvalue weighted by Gasteiger charge is -2.13. The van der Waals surface area contributed by atoms with Crippen molar-refractivity contribution in [2.75, 3.05) is 32.0 Å². The van der Waals surface area contributed by atoms with Crippen molar-refractivity contribution in [3.8, 4) is 11.5 Å². The van der Waals surface area contributed by atoms with Crippen LogP contribution in [-0.2, 0) is 6.54 Å². The Morgan fingerprint density at radius 2 is 2.04 bits per heavy atom. The molecule has 1 heterocycles. The van der Waals surface area contributed by atoms with Crippen molar-refractivity contribution in [3.05, 3.63) is 29.5 Å². The fourth-order valence-corrected chi connectivity index (χ4v) is 2.20. The maximum Gasteiger partial charge on any atom is 0.277 e. The number of ether oxygens (including phenoxy) is 2. The first-order valence-electron chi connectivity index (χ1n) is 8.61. The summed E-state index contributed by atoms with van der Waals surface area (Å²) in [6, 6.07) is 5.86. The third-order valence-electron chi connectivity index (χ3n) is 3.42. The number of amides is 1. The molecule has 0 saturated heterocycles. The number of aromatic nitrogens is 2. The summed E-state index contributed by atoms with van der Waals surface area (Å²) in [5, 5.41) is 12.7. The highest BCUT2D eigenvalue weighted by Crippen LogP contribution is 2.28. The number of nitrogens with one attached hydrogen (secondary N) is 2. The first-order chi connectivity index (χ1) is 12.7. The second-order valence-electron chi connectivity index (χ2n) is 5.49. The van der Waals surface area contributed by atoms with Gasteiger partial charge in [-0.3, -0.25) is 4.79 Å². The molecular formula is C17H25N5O4. The smallest absolute Gasteiger partial charge is 0.277 e. The Kier molecular flexibility index (Phi) is 7.69. The number of hydrogen-bond donors (Lipinski definition) is 3. The molecule has 0 atom stereocenters. The average Bonchev–Trinajstić information content (AvgIpc) is 3.07. The van der Waals surface area contributed by atoms with Crippen LogP contribution >= 0.6 is 0 Å². The maximum atomic E-state index is 11.8. The fourth-order valence-electron chi connectivity index (χ4n) is 2.20. The molecule has 0 fully saturated rings. The normalized spacial score (nSPS) is 10.5. The van der Waals surface area contributed by atoms with Crippen LogP contribution in [0.5, 0.6) is 11.5 Å². The van der Waals surface area contributed by atoms with E-state index in [4.69, 9.17) is 15.2 Å². The van der Waals surface area contributed by atoms with Gasteiger partial charge in [-0.2, -0.15) is 0 Å². The maximum absolute atomic E-state index is 11.8. The summed E-state index contributed by atoms with van der Waals surface area (Å²) in [7, 11) is 0. The van der Waals surface area contributed by atoms with Gasteiger partial charge in [0.25, 0.3) is 5.91 Å². The molecule has 1 amide bonds. The fraction of sp³-hybridized carbons (Fsp3) is 0.471. The molecule has 142 valence electrons. The number of anilines is 1. The van der Waals surface area contributed by atoms with E-state index < -0.39 is 5.91 Å². The van der Waals surface area contributed by atoms with E-state index in [-0.39, 0.29) is 11.5 Å². The molecule has 9 heteroatoms. The second-order valence-corrected chi connectivity index (χ2v) is 5.49. The van der Waals surface area contributed by atoms with Gasteiger partial charge in [-0.05, 0) is 41.4 Å². The first-order valence-corrected chi connectivity index (χ1v) is 8.61. The molecule has 0 aliphatic rings. The Hall–Kier alpha value is -2.81. The molecule has 2 aromatic rings. The molecule has 0 unspecified atom stereocenters. The third-order valence-corrected chi connectivity index (χ3v) is 3.42. The SMILES string of the molecule is CCCOc1ccc(CNCCNC(=O)c2nonc2N)cc1OCC. The van der Waals surface area contributed by atoms with Crippen molar-refractivity contribution < 1.29 is 18.9 Å². The standard InChI is InChI=1S/C17H25N5O4/c1-3-9-25-13-6-5-12(10-14(13)24-4-2)11-19-7-8-20-17(23)15-16(18)22-26-21-15/h5-6,10,19H,3-4,7-9,11H2,1-2H3,(H2,18,22)(H,20,23). The molecule has 0 aliphatic carbocycles. The molecule has 0 saturated carbocycles. The first kappa shape index (κ1) is 19.5. The molecule has 4 N–H and O–H groups in total. The minimum atomic E-state index is -0.415. The van der Waals surface area contributed by atoms with Crippen molar-refractivity contribution in [2.24, 2.45) is 0 Å². The Balaban J connectivity index is 1.77. The van der Waals surface area contributed by atoms with Gasteiger partial charge in [0.1, 0.15) is 0 Å². The van der Waals surface area contributed by atoms with Crippen molar-refractivity contribution in [3.63, 3.8) is 0 Å². The number of rotatable bonds is 11. The van der Waals surface area contributed by atoms with E-state index in [2.05, 4.69) is 32.5 Å². The van der Waals surface area contributed by atoms with Crippen LogP contribution in [0.4, 0.5) is 5.82 Å². The van der Waals surface area contributed by atoms with Gasteiger partial charge < -0.3 is 25.8 Å². The van der Waals surface area contributed by atoms with E-state index in [9.17, 15) is 4.79 Å². The van der Waals surface area contributed by atoms with Crippen LogP contribution in [0.2, 0.25) is 0 Å². The highest BCUT2D eigenvalue weighted by Gasteiger charge is 2.14. The second kappa shape index (κ2) is 10.2. The average molecular weight is 363 g/mol. The monoisotopic (exact) mass is 363 g/mol. The summed E-state index contributed by atoms with van der Waals surface area (Å²) in [6.07, 6.45) is 0.941. The number of carbonyl (C=O) groups excluding carboxylic acids is 1. The zero-order valence-electron chi connectivity index (χ0n) is 15.1. The lowest BCUT2D eigenvalue weighted by atomic mass is 10.2. The zero-order chi connectivity index (χ0) is 18.8. The molecule has 26 heavy (non-hydrogen) atoms. The van der Waals surface area contributed by atoms with Gasteiger partial charge in [0.15, 0.2) is 11.5 Å². The number of hydrogen-bond acceptors (Lipinski definition) is 8. The third kappa shape index (κ3) is 5.62. The number of nitrogen functional groups attached to an aromatic ring is 1. The highest BCUT2D eigenvalue weighted by molar-refractivity contribution is 5.95. The Morgan fingerprint density at radius 3 is 2.73 bits per heavy atom. The van der Waals surface area contributed by atoms with Gasteiger partial charge in [0.2, 0.25) is 11.5 Å². The molecule has 2 rings (SSSR count). The molecule has 0 aliphatic heterocycles. The molecule has 0 spiro atoms. The summed E-state index contributed by atoms with van der Waals surface area (Å²) in [4.78, 5) is 11.8. The number of benzene rings is 1. The topological polar surface area (TPSA) is 125 Å². The predicted molar refractivity (Wildman–Crippen MR) is 96.1 cm³/mol. The molecule has 1 aromatic heterocycles. The van der Waals surface area contributed by atoms with Gasteiger partial charge in [-0.25, -0.2) is 4.63 Å². The van der Waals surface area contributed by atoms with Gasteiger partial charge in [-0.15, -0.1) is 0 Å². The largest absolute Gasteiger partial charge is 0.490 e. The summed E-state index contributed by atoms with van der Waals surface area (Å²) in [5.74, 6) is 1.05. The molecular weight excluding hydrogens is 338 g/mol. The van der Waals surface area contributed by atoms with E-state index in [1.54, 1.807) is 0 Å². The van der Waals surface area contributed by atoms with Crippen LogP contribution < -0.4 is 25.8 Å². The number of carbonyl (C=O) groups is 1. The van der Waals surface area contributed by atoms with E-state index in [0.29, 0.717) is 32.8 Å². The molecule has 1 aromatic carbocycles. The van der Waals surface area contributed by atoms with Crippen LogP contribution in [-0.4, -0.2) is 42.5 Å². The van der Waals surface area contributed by atoms with E-state index in [0.717, 1.165) is 23.5 Å². The summed E-state index contributed by atoms with van der Waals surface area (Å²) in [6.45, 7) is 6.86. The number of nitrogens with two attached hydrogens (primary N) is 1. The van der Waals surface area contributed by atoms with E-state index in [1.165, 1.54) is 0 Å². The van der Waals surface area contributed by atoms with Crippen molar-refractivity contribution in [2.45, 2.75) is 26.8 Å². The minimum Gasteiger partial charge on any atom is -0.490 e. The van der Waals surface area contributed by atoms with E-state index >= 15 is 0 Å². The lowest BCUT2D eigenvalue weighted by Crippen LogP contribution is -2.32. The van der Waals surface area contributed by atoms with Crippen LogP contribution in [0.3, 0.4) is 0 Å². The van der Waals surface area contributed by atoms with Gasteiger partial charge in [-0.1, -0.05) is 13.0 Å². The highest BCUT2D eigenvalue weighted by atomic mass is 16.6. The molecule has 0 radical (unpaired) electrons. The van der Waals surface area contributed by atoms with Crippen molar-refractivity contribution >= 4 is 11.7 Å². The summed E-state index contributed by atoms with van der Waals surface area (Å²) < 4.78 is 15.7. The molecule has 9 nitrogen and oxygen atoms in total. The van der Waals surface area contributed by atoms with Gasteiger partial charge in [0, 0.05) is 19.6 Å². The lowest BCUT2D eigenvalue weighted by molar-refractivity contribution is 0.0944. The Morgan fingerprint density at radius 1 is 1.19 bits per heavy atom. The van der Waals surface area contributed by atoms with Crippen LogP contribution in [0, 0.1) is 0 Å². The molecule has 0 bridgehead atoms.